The fourth-order valence-corrected chi connectivity index (χ4v) is 3.49. The fraction of sp³-hybridized carbons (Fsp3) is 0.350. The first-order valence-electron chi connectivity index (χ1n) is 9.05. The summed E-state index contributed by atoms with van der Waals surface area (Å²) >= 11 is 0. The smallest absolute Gasteiger partial charge is 0.259 e. The minimum absolute atomic E-state index is 0. The number of benzene rings is 1. The van der Waals surface area contributed by atoms with E-state index >= 15 is 0 Å². The number of carbonyl (C=O) groups is 1. The summed E-state index contributed by atoms with van der Waals surface area (Å²) in [4.78, 5) is 17.3. The van der Waals surface area contributed by atoms with E-state index in [1.807, 2.05) is 19.9 Å². The Morgan fingerprint density at radius 3 is 2.89 bits per heavy atom. The van der Waals surface area contributed by atoms with Crippen LogP contribution in [0.1, 0.15) is 52.6 Å². The summed E-state index contributed by atoms with van der Waals surface area (Å²) in [6, 6.07) is 5.15. The quantitative estimate of drug-likeness (QED) is 0.686. The maximum atomic E-state index is 14.9. The summed E-state index contributed by atoms with van der Waals surface area (Å²) in [5.41, 5.74) is 3.79. The Morgan fingerprint density at radius 2 is 2.14 bits per heavy atom. The molecule has 1 aromatic carbocycles. The largest absolute Gasteiger partial charge is 0.335 e. The van der Waals surface area contributed by atoms with Crippen LogP contribution in [0.4, 0.5) is 10.1 Å². The van der Waals surface area contributed by atoms with E-state index in [1.54, 1.807) is 19.1 Å². The Kier molecular flexibility index (Phi) is 5.67. The monoisotopic (exact) mass is 404 g/mol. The molecule has 28 heavy (non-hydrogen) atoms. The molecule has 0 aliphatic carbocycles. The van der Waals surface area contributed by atoms with Crippen molar-refractivity contribution in [3.05, 3.63) is 52.1 Å². The number of nitrogens with one attached hydrogen (secondary N) is 2. The van der Waals surface area contributed by atoms with Crippen molar-refractivity contribution in [2.75, 3.05) is 11.9 Å². The number of hydrogen-bond acceptors (Lipinski definition) is 5. The lowest BCUT2D eigenvalue weighted by Gasteiger charge is -2.19. The number of hydrogen-bond donors (Lipinski definition) is 2. The zero-order valence-electron chi connectivity index (χ0n) is 15.9. The second kappa shape index (κ2) is 7.85. The number of aryl methyl sites for hydroxylation is 1. The standard InChI is InChI=1S/C20H21FN4O2.ClH/c1-10(2)18-16-14(8-11(3)23-20(16)27-25-18)19(26)24-15-5-4-12-9-22-7-6-13(12)17(15)21;/h4-5,8,10,22H,6-7,9H2,1-3H3,(H,24,26);1H. The Hall–Kier alpha value is -2.51. The molecule has 0 unspecified atom stereocenters. The van der Waals surface area contributed by atoms with Crippen LogP contribution in [-0.2, 0) is 13.0 Å². The first-order chi connectivity index (χ1) is 13.0. The first-order valence-corrected chi connectivity index (χ1v) is 9.05. The fourth-order valence-electron chi connectivity index (χ4n) is 3.49. The Labute approximate surface area is 168 Å². The molecule has 8 heteroatoms. The molecule has 1 aliphatic rings. The van der Waals surface area contributed by atoms with Crippen LogP contribution in [0.5, 0.6) is 0 Å². The zero-order chi connectivity index (χ0) is 19.1. The van der Waals surface area contributed by atoms with E-state index in [9.17, 15) is 9.18 Å². The molecule has 1 aliphatic heterocycles. The minimum atomic E-state index is -0.400. The van der Waals surface area contributed by atoms with Gasteiger partial charge in [-0.3, -0.25) is 4.79 Å². The molecule has 0 saturated heterocycles. The number of fused-ring (bicyclic) bond motifs is 2. The van der Waals surface area contributed by atoms with Gasteiger partial charge in [-0.05, 0) is 49.1 Å². The van der Waals surface area contributed by atoms with Gasteiger partial charge in [-0.15, -0.1) is 12.4 Å². The molecule has 6 nitrogen and oxygen atoms in total. The van der Waals surface area contributed by atoms with Gasteiger partial charge in [-0.25, -0.2) is 9.37 Å². The number of halogens is 2. The van der Waals surface area contributed by atoms with E-state index in [-0.39, 0.29) is 29.8 Å². The maximum Gasteiger partial charge on any atom is 0.259 e. The second-order valence-corrected chi connectivity index (χ2v) is 7.16. The molecule has 3 aromatic rings. The topological polar surface area (TPSA) is 80.0 Å². The number of carbonyl (C=O) groups excluding carboxylic acids is 1. The van der Waals surface area contributed by atoms with Gasteiger partial charge in [0.25, 0.3) is 11.6 Å². The lowest BCUT2D eigenvalue weighted by atomic mass is 9.99. The molecule has 4 rings (SSSR count). The lowest BCUT2D eigenvalue weighted by molar-refractivity contribution is 0.102. The van der Waals surface area contributed by atoms with Crippen molar-refractivity contribution >= 4 is 35.1 Å². The molecule has 148 valence electrons. The summed E-state index contributed by atoms with van der Waals surface area (Å²) in [6.45, 7) is 7.08. The number of rotatable bonds is 3. The minimum Gasteiger partial charge on any atom is -0.335 e. The molecule has 3 heterocycles. The van der Waals surface area contributed by atoms with Crippen molar-refractivity contribution in [2.45, 2.75) is 39.7 Å². The Bertz CT molecular complexity index is 1050. The predicted octanol–water partition coefficient (Wildman–Crippen LogP) is 4.11. The van der Waals surface area contributed by atoms with Crippen LogP contribution in [-0.4, -0.2) is 22.6 Å². The third-order valence-corrected chi connectivity index (χ3v) is 4.85. The van der Waals surface area contributed by atoms with Crippen LogP contribution in [0.15, 0.2) is 22.7 Å². The van der Waals surface area contributed by atoms with Gasteiger partial charge in [-0.2, -0.15) is 0 Å². The van der Waals surface area contributed by atoms with Gasteiger partial charge in [0.2, 0.25) is 0 Å². The molecule has 0 bridgehead atoms. The van der Waals surface area contributed by atoms with E-state index in [0.717, 1.165) is 12.1 Å². The Morgan fingerprint density at radius 1 is 1.36 bits per heavy atom. The number of nitrogens with zero attached hydrogens (tertiary/aromatic N) is 2. The first kappa shape index (κ1) is 20.2. The van der Waals surface area contributed by atoms with E-state index < -0.39 is 5.91 Å². The van der Waals surface area contributed by atoms with E-state index in [1.165, 1.54) is 0 Å². The van der Waals surface area contributed by atoms with Crippen LogP contribution in [0.3, 0.4) is 0 Å². The van der Waals surface area contributed by atoms with Crippen LogP contribution < -0.4 is 10.6 Å². The van der Waals surface area contributed by atoms with Crippen molar-refractivity contribution in [2.24, 2.45) is 0 Å². The molecule has 0 fully saturated rings. The third-order valence-electron chi connectivity index (χ3n) is 4.85. The normalized spacial score (nSPS) is 13.3. The summed E-state index contributed by atoms with van der Waals surface area (Å²) in [5.74, 6) is -0.697. The number of amides is 1. The highest BCUT2D eigenvalue weighted by Crippen LogP contribution is 2.29. The highest BCUT2D eigenvalue weighted by Gasteiger charge is 2.23. The zero-order valence-corrected chi connectivity index (χ0v) is 16.7. The molecule has 0 saturated carbocycles. The van der Waals surface area contributed by atoms with Gasteiger partial charge in [-0.1, -0.05) is 25.1 Å². The Balaban J connectivity index is 0.00000225. The molecule has 0 atom stereocenters. The summed E-state index contributed by atoms with van der Waals surface area (Å²) in [7, 11) is 0. The number of pyridine rings is 1. The summed E-state index contributed by atoms with van der Waals surface area (Å²) in [6.07, 6.45) is 0.604. The highest BCUT2D eigenvalue weighted by molar-refractivity contribution is 6.12. The average Bonchev–Trinajstić information content (AvgIpc) is 3.07. The van der Waals surface area contributed by atoms with Gasteiger partial charge < -0.3 is 15.2 Å². The molecular formula is C20H22ClFN4O2. The van der Waals surface area contributed by atoms with Crippen molar-refractivity contribution in [3.63, 3.8) is 0 Å². The average molecular weight is 405 g/mol. The molecule has 2 aromatic heterocycles. The third kappa shape index (κ3) is 3.47. The van der Waals surface area contributed by atoms with Gasteiger partial charge in [0.05, 0.1) is 22.3 Å². The van der Waals surface area contributed by atoms with E-state index in [4.69, 9.17) is 4.52 Å². The molecule has 0 radical (unpaired) electrons. The summed E-state index contributed by atoms with van der Waals surface area (Å²) in [5, 5.41) is 10.6. The van der Waals surface area contributed by atoms with Gasteiger partial charge >= 0.3 is 0 Å². The van der Waals surface area contributed by atoms with E-state index in [2.05, 4.69) is 20.8 Å². The SMILES string of the molecule is Cc1cc(C(=O)Nc2ccc3c(c2F)CCNC3)c2c(C(C)C)noc2n1.Cl. The van der Waals surface area contributed by atoms with Gasteiger partial charge in [0.1, 0.15) is 5.82 Å². The maximum absolute atomic E-state index is 14.9. The van der Waals surface area contributed by atoms with Crippen LogP contribution >= 0.6 is 12.4 Å². The van der Waals surface area contributed by atoms with Crippen molar-refractivity contribution < 1.29 is 13.7 Å². The molecule has 0 spiro atoms. The summed E-state index contributed by atoms with van der Waals surface area (Å²) < 4.78 is 20.2. The van der Waals surface area contributed by atoms with Gasteiger partial charge in [0.15, 0.2) is 0 Å². The van der Waals surface area contributed by atoms with Crippen molar-refractivity contribution in [1.82, 2.24) is 15.5 Å². The predicted molar refractivity (Wildman–Crippen MR) is 108 cm³/mol. The molecule has 1 amide bonds. The van der Waals surface area contributed by atoms with Gasteiger partial charge in [0, 0.05) is 12.2 Å². The van der Waals surface area contributed by atoms with Crippen LogP contribution in [0.2, 0.25) is 0 Å². The van der Waals surface area contributed by atoms with Crippen LogP contribution in [0.25, 0.3) is 11.1 Å². The van der Waals surface area contributed by atoms with Crippen molar-refractivity contribution in [1.29, 1.82) is 0 Å². The molecular weight excluding hydrogens is 383 g/mol. The number of anilines is 1. The van der Waals surface area contributed by atoms with E-state index in [0.29, 0.717) is 46.6 Å². The van der Waals surface area contributed by atoms with Crippen LogP contribution in [0, 0.1) is 12.7 Å². The molecule has 2 N–H and O–H groups in total. The van der Waals surface area contributed by atoms with Crippen molar-refractivity contribution in [3.8, 4) is 0 Å². The number of aromatic nitrogens is 2. The second-order valence-electron chi connectivity index (χ2n) is 7.16. The lowest BCUT2D eigenvalue weighted by Crippen LogP contribution is -2.25. The highest BCUT2D eigenvalue weighted by atomic mass is 35.5.